The molecule has 1 fully saturated rings. The Bertz CT molecular complexity index is 397. The molecule has 1 aromatic carbocycles. The predicted octanol–water partition coefficient (Wildman–Crippen LogP) is 3.98. The maximum Gasteiger partial charge on any atom is 0.00682 e. The zero-order valence-corrected chi connectivity index (χ0v) is 12.3. The van der Waals surface area contributed by atoms with Gasteiger partial charge in [-0.15, -0.1) is 0 Å². The van der Waals surface area contributed by atoms with Crippen LogP contribution in [0.25, 0.3) is 0 Å². The van der Waals surface area contributed by atoms with E-state index in [1.165, 1.54) is 48.9 Å². The first-order chi connectivity index (χ1) is 8.47. The first kappa shape index (κ1) is 13.6. The van der Waals surface area contributed by atoms with Crippen molar-refractivity contribution in [1.29, 1.82) is 0 Å². The Balaban J connectivity index is 1.88. The quantitative estimate of drug-likeness (QED) is 0.774. The summed E-state index contributed by atoms with van der Waals surface area (Å²) in [5, 5.41) is 3.58. The molecule has 0 unspecified atom stereocenters. The van der Waals surface area contributed by atoms with Gasteiger partial charge in [0, 0.05) is 6.04 Å². The van der Waals surface area contributed by atoms with Crippen LogP contribution in [0, 0.1) is 6.92 Å². The number of benzene rings is 1. The first-order valence-corrected chi connectivity index (χ1v) is 7.30. The minimum Gasteiger partial charge on any atom is -0.314 e. The lowest BCUT2D eigenvalue weighted by Gasteiger charge is -2.20. The highest BCUT2D eigenvalue weighted by Gasteiger charge is 2.19. The second-order valence-electron chi connectivity index (χ2n) is 6.72. The standard InChI is InChI=1S/C17H27N/c1-13-12-15(17(2,3)4)8-7-14(13)6-5-11-18-16-9-10-16/h7-8,12,16,18H,5-6,9-11H2,1-4H3. The largest absolute Gasteiger partial charge is 0.314 e. The number of hydrogen-bond acceptors (Lipinski definition) is 1. The van der Waals surface area contributed by atoms with Gasteiger partial charge in [-0.3, -0.25) is 0 Å². The van der Waals surface area contributed by atoms with Crippen LogP contribution in [0.4, 0.5) is 0 Å². The van der Waals surface area contributed by atoms with Gasteiger partial charge >= 0.3 is 0 Å². The van der Waals surface area contributed by atoms with Crippen molar-refractivity contribution < 1.29 is 0 Å². The summed E-state index contributed by atoms with van der Waals surface area (Å²) in [7, 11) is 0. The summed E-state index contributed by atoms with van der Waals surface area (Å²) in [6, 6.07) is 7.84. The molecular formula is C17H27N. The summed E-state index contributed by atoms with van der Waals surface area (Å²) in [5.41, 5.74) is 4.67. The summed E-state index contributed by atoms with van der Waals surface area (Å²) in [4.78, 5) is 0. The van der Waals surface area contributed by atoms with Crippen molar-refractivity contribution in [3.63, 3.8) is 0 Å². The number of rotatable bonds is 5. The lowest BCUT2D eigenvalue weighted by Crippen LogP contribution is -2.18. The van der Waals surface area contributed by atoms with E-state index in [-0.39, 0.29) is 5.41 Å². The van der Waals surface area contributed by atoms with Crippen molar-refractivity contribution in [3.05, 3.63) is 34.9 Å². The van der Waals surface area contributed by atoms with Crippen LogP contribution in [0.5, 0.6) is 0 Å². The van der Waals surface area contributed by atoms with Crippen LogP contribution in [0.3, 0.4) is 0 Å². The summed E-state index contributed by atoms with van der Waals surface area (Å²) in [5.74, 6) is 0. The van der Waals surface area contributed by atoms with E-state index < -0.39 is 0 Å². The highest BCUT2D eigenvalue weighted by molar-refractivity contribution is 5.34. The van der Waals surface area contributed by atoms with Crippen LogP contribution in [0.1, 0.15) is 56.7 Å². The number of nitrogens with one attached hydrogen (secondary N) is 1. The fourth-order valence-corrected chi connectivity index (χ4v) is 2.32. The smallest absolute Gasteiger partial charge is 0.00682 e. The third kappa shape index (κ3) is 3.84. The third-order valence-corrected chi connectivity index (χ3v) is 3.84. The van der Waals surface area contributed by atoms with Crippen molar-refractivity contribution in [2.45, 2.75) is 64.8 Å². The molecule has 1 heteroatoms. The molecule has 0 aromatic heterocycles. The van der Waals surface area contributed by atoms with E-state index in [4.69, 9.17) is 0 Å². The fourth-order valence-electron chi connectivity index (χ4n) is 2.32. The van der Waals surface area contributed by atoms with Gasteiger partial charge in [0.15, 0.2) is 0 Å². The van der Waals surface area contributed by atoms with Gasteiger partial charge in [0.25, 0.3) is 0 Å². The van der Waals surface area contributed by atoms with Crippen LogP contribution in [0.2, 0.25) is 0 Å². The Labute approximate surface area is 112 Å². The monoisotopic (exact) mass is 245 g/mol. The van der Waals surface area contributed by atoms with Gasteiger partial charge in [-0.25, -0.2) is 0 Å². The van der Waals surface area contributed by atoms with Gasteiger partial charge in [-0.05, 0) is 61.3 Å². The molecule has 1 aliphatic rings. The SMILES string of the molecule is Cc1cc(C(C)(C)C)ccc1CCCNC1CC1. The molecule has 0 spiro atoms. The average Bonchev–Trinajstić information content (AvgIpc) is 3.08. The average molecular weight is 245 g/mol. The normalized spacial score (nSPS) is 16.0. The molecule has 2 rings (SSSR count). The molecule has 1 nitrogen and oxygen atoms in total. The van der Waals surface area contributed by atoms with Gasteiger partial charge in [-0.1, -0.05) is 39.0 Å². The predicted molar refractivity (Wildman–Crippen MR) is 79.2 cm³/mol. The minimum atomic E-state index is 0.261. The molecule has 1 saturated carbocycles. The van der Waals surface area contributed by atoms with Crippen molar-refractivity contribution >= 4 is 0 Å². The molecule has 0 aliphatic heterocycles. The summed E-state index contributed by atoms with van der Waals surface area (Å²) < 4.78 is 0. The Kier molecular flexibility index (Phi) is 4.11. The molecule has 0 atom stereocenters. The Morgan fingerprint density at radius 1 is 1.22 bits per heavy atom. The zero-order chi connectivity index (χ0) is 13.2. The maximum atomic E-state index is 3.58. The van der Waals surface area contributed by atoms with E-state index in [1.807, 2.05) is 0 Å². The van der Waals surface area contributed by atoms with E-state index in [9.17, 15) is 0 Å². The van der Waals surface area contributed by atoms with Crippen LogP contribution in [-0.4, -0.2) is 12.6 Å². The fraction of sp³-hybridized carbons (Fsp3) is 0.647. The van der Waals surface area contributed by atoms with E-state index in [2.05, 4.69) is 51.2 Å². The van der Waals surface area contributed by atoms with Crippen LogP contribution < -0.4 is 5.32 Å². The third-order valence-electron chi connectivity index (χ3n) is 3.84. The van der Waals surface area contributed by atoms with Gasteiger partial charge in [0.05, 0.1) is 0 Å². The molecular weight excluding hydrogens is 218 g/mol. The van der Waals surface area contributed by atoms with E-state index >= 15 is 0 Å². The van der Waals surface area contributed by atoms with Crippen molar-refractivity contribution in [1.82, 2.24) is 5.32 Å². The van der Waals surface area contributed by atoms with Crippen LogP contribution in [0.15, 0.2) is 18.2 Å². The van der Waals surface area contributed by atoms with Gasteiger partial charge in [0.2, 0.25) is 0 Å². The molecule has 0 bridgehead atoms. The van der Waals surface area contributed by atoms with Gasteiger partial charge < -0.3 is 5.32 Å². The molecule has 0 saturated heterocycles. The summed E-state index contributed by atoms with van der Waals surface area (Å²) >= 11 is 0. The van der Waals surface area contributed by atoms with Crippen molar-refractivity contribution in [2.24, 2.45) is 0 Å². The van der Waals surface area contributed by atoms with Crippen molar-refractivity contribution in [3.8, 4) is 0 Å². The van der Waals surface area contributed by atoms with E-state index in [0.29, 0.717) is 0 Å². The minimum absolute atomic E-state index is 0.261. The number of aryl methyl sites for hydroxylation is 2. The van der Waals surface area contributed by atoms with E-state index in [0.717, 1.165) is 6.04 Å². The van der Waals surface area contributed by atoms with Crippen molar-refractivity contribution in [2.75, 3.05) is 6.54 Å². The topological polar surface area (TPSA) is 12.0 Å². The molecule has 0 amide bonds. The number of hydrogen-bond donors (Lipinski definition) is 1. The lowest BCUT2D eigenvalue weighted by molar-refractivity contribution is 0.589. The Morgan fingerprint density at radius 2 is 1.94 bits per heavy atom. The maximum absolute atomic E-state index is 3.58. The molecule has 1 aromatic rings. The first-order valence-electron chi connectivity index (χ1n) is 7.30. The second kappa shape index (κ2) is 5.44. The van der Waals surface area contributed by atoms with Gasteiger partial charge in [-0.2, -0.15) is 0 Å². The molecule has 0 heterocycles. The molecule has 1 N–H and O–H groups in total. The molecule has 1 aliphatic carbocycles. The van der Waals surface area contributed by atoms with Crippen LogP contribution in [-0.2, 0) is 11.8 Å². The van der Waals surface area contributed by atoms with E-state index in [1.54, 1.807) is 0 Å². The summed E-state index contributed by atoms with van der Waals surface area (Å²) in [6.45, 7) is 10.3. The molecule has 18 heavy (non-hydrogen) atoms. The second-order valence-corrected chi connectivity index (χ2v) is 6.72. The lowest BCUT2D eigenvalue weighted by atomic mass is 9.85. The van der Waals surface area contributed by atoms with Gasteiger partial charge in [0.1, 0.15) is 0 Å². The van der Waals surface area contributed by atoms with Crippen LogP contribution >= 0.6 is 0 Å². The molecule has 0 radical (unpaired) electrons. The Hall–Kier alpha value is -0.820. The zero-order valence-electron chi connectivity index (χ0n) is 12.3. The highest BCUT2D eigenvalue weighted by atomic mass is 14.9. The molecule has 100 valence electrons. The summed E-state index contributed by atoms with van der Waals surface area (Å²) in [6.07, 6.45) is 5.24. The Morgan fingerprint density at radius 3 is 2.50 bits per heavy atom. The highest BCUT2D eigenvalue weighted by Crippen LogP contribution is 2.25.